The van der Waals surface area contributed by atoms with E-state index in [1.807, 2.05) is 19.9 Å². The highest BCUT2D eigenvalue weighted by Gasteiger charge is 2.28. The molecule has 3 aromatic rings. The van der Waals surface area contributed by atoms with Gasteiger partial charge in [0.15, 0.2) is 0 Å². The minimum atomic E-state index is -3.84. The lowest BCUT2D eigenvalue weighted by Gasteiger charge is -2.26. The molecular weight excluding hydrogens is 526 g/mol. The van der Waals surface area contributed by atoms with Crippen LogP contribution in [0.25, 0.3) is 0 Å². The van der Waals surface area contributed by atoms with Gasteiger partial charge in [-0.25, -0.2) is 16.8 Å². The van der Waals surface area contributed by atoms with E-state index in [4.69, 9.17) is 4.74 Å². The summed E-state index contributed by atoms with van der Waals surface area (Å²) >= 11 is 0. The van der Waals surface area contributed by atoms with Crippen LogP contribution in [-0.4, -0.2) is 47.2 Å². The van der Waals surface area contributed by atoms with Crippen molar-refractivity contribution >= 4 is 37.3 Å². The van der Waals surface area contributed by atoms with Gasteiger partial charge in [0.05, 0.1) is 22.5 Å². The maximum absolute atomic E-state index is 13.1. The van der Waals surface area contributed by atoms with E-state index >= 15 is 0 Å². The molecule has 1 heterocycles. The number of anilines is 2. The molecule has 0 atom stereocenters. The minimum Gasteiger partial charge on any atom is -0.496 e. The molecule has 11 heteroatoms. The number of nitrogens with zero attached hydrogens (tertiary/aromatic N) is 1. The second-order valence-corrected chi connectivity index (χ2v) is 12.8. The van der Waals surface area contributed by atoms with Gasteiger partial charge in [0, 0.05) is 24.5 Å². The van der Waals surface area contributed by atoms with Crippen molar-refractivity contribution in [2.75, 3.05) is 30.2 Å². The zero-order valence-corrected chi connectivity index (χ0v) is 23.2. The number of carbonyl (C=O) groups is 1. The van der Waals surface area contributed by atoms with Crippen LogP contribution in [0, 0.1) is 13.8 Å². The van der Waals surface area contributed by atoms with Crippen LogP contribution in [0.3, 0.4) is 0 Å². The number of hydrogen-bond acceptors (Lipinski definition) is 6. The van der Waals surface area contributed by atoms with Crippen molar-refractivity contribution in [3.05, 3.63) is 77.4 Å². The van der Waals surface area contributed by atoms with Crippen LogP contribution in [0.4, 0.5) is 11.4 Å². The Morgan fingerprint density at radius 3 is 2.05 bits per heavy atom. The standard InChI is InChI=1S/C27H31N3O6S2/c1-19-7-8-22(17-20(19)2)29-37(32,33)23-11-9-21(10-12-23)28-27(31)25-18-24(13-14-26(25)36-3)38(34,35)30-15-5-4-6-16-30/h7-14,17-18,29H,4-6,15-16H2,1-3H3,(H,28,31). The lowest BCUT2D eigenvalue weighted by molar-refractivity contribution is 0.102. The molecule has 0 aromatic heterocycles. The quantitative estimate of drug-likeness (QED) is 0.419. The van der Waals surface area contributed by atoms with E-state index in [1.165, 1.54) is 53.9 Å². The van der Waals surface area contributed by atoms with Crippen LogP contribution in [0.1, 0.15) is 40.7 Å². The maximum Gasteiger partial charge on any atom is 0.261 e. The molecular formula is C27H31N3O6S2. The summed E-state index contributed by atoms with van der Waals surface area (Å²) in [5, 5.41) is 2.69. The first kappa shape index (κ1) is 27.6. The Morgan fingerprint density at radius 2 is 1.42 bits per heavy atom. The Hall–Kier alpha value is -3.41. The zero-order valence-electron chi connectivity index (χ0n) is 21.5. The molecule has 0 saturated carbocycles. The Morgan fingerprint density at radius 1 is 0.789 bits per heavy atom. The SMILES string of the molecule is COc1ccc(S(=O)(=O)N2CCCCC2)cc1C(=O)Nc1ccc(S(=O)(=O)Nc2ccc(C)c(C)c2)cc1. The Labute approximate surface area is 223 Å². The predicted octanol–water partition coefficient (Wildman–Crippen LogP) is 4.54. The number of ether oxygens (including phenoxy) is 1. The van der Waals surface area contributed by atoms with Gasteiger partial charge >= 0.3 is 0 Å². The number of amides is 1. The van der Waals surface area contributed by atoms with Gasteiger partial charge in [-0.1, -0.05) is 12.5 Å². The average molecular weight is 558 g/mol. The van der Waals surface area contributed by atoms with Gasteiger partial charge in [0.25, 0.3) is 15.9 Å². The topological polar surface area (TPSA) is 122 Å². The highest BCUT2D eigenvalue weighted by Crippen LogP contribution is 2.27. The van der Waals surface area contributed by atoms with Crippen molar-refractivity contribution in [3.63, 3.8) is 0 Å². The second kappa shape index (κ2) is 11.1. The van der Waals surface area contributed by atoms with E-state index in [2.05, 4.69) is 10.0 Å². The molecule has 0 radical (unpaired) electrons. The molecule has 4 rings (SSSR count). The van der Waals surface area contributed by atoms with Gasteiger partial charge in [0.1, 0.15) is 5.75 Å². The summed E-state index contributed by atoms with van der Waals surface area (Å²) < 4.78 is 61.2. The Kier molecular flexibility index (Phi) is 8.10. The molecule has 3 aromatic carbocycles. The fourth-order valence-corrected chi connectivity index (χ4v) is 6.81. The first-order valence-electron chi connectivity index (χ1n) is 12.2. The number of carbonyl (C=O) groups excluding carboxylic acids is 1. The third-order valence-electron chi connectivity index (χ3n) is 6.55. The molecule has 38 heavy (non-hydrogen) atoms. The lowest BCUT2D eigenvalue weighted by Crippen LogP contribution is -2.35. The third-order valence-corrected chi connectivity index (χ3v) is 9.84. The van der Waals surface area contributed by atoms with Crippen molar-refractivity contribution < 1.29 is 26.4 Å². The van der Waals surface area contributed by atoms with Crippen molar-refractivity contribution in [2.24, 2.45) is 0 Å². The Bertz CT molecular complexity index is 1550. The fraction of sp³-hybridized carbons (Fsp3) is 0.296. The number of aryl methyl sites for hydroxylation is 2. The van der Waals surface area contributed by atoms with Crippen molar-refractivity contribution in [1.82, 2.24) is 4.31 Å². The number of piperidine rings is 1. The van der Waals surface area contributed by atoms with E-state index in [-0.39, 0.29) is 21.1 Å². The summed E-state index contributed by atoms with van der Waals surface area (Å²) in [6.45, 7) is 4.74. The van der Waals surface area contributed by atoms with Gasteiger partial charge < -0.3 is 10.1 Å². The first-order chi connectivity index (χ1) is 18.0. The van der Waals surface area contributed by atoms with E-state index in [0.717, 1.165) is 30.4 Å². The molecule has 1 amide bonds. The van der Waals surface area contributed by atoms with Crippen LogP contribution < -0.4 is 14.8 Å². The van der Waals surface area contributed by atoms with Crippen LogP contribution >= 0.6 is 0 Å². The molecule has 0 spiro atoms. The summed E-state index contributed by atoms with van der Waals surface area (Å²) in [7, 11) is -6.19. The molecule has 0 bridgehead atoms. The smallest absolute Gasteiger partial charge is 0.261 e. The van der Waals surface area contributed by atoms with Gasteiger partial charge in [-0.15, -0.1) is 0 Å². The summed E-state index contributed by atoms with van der Waals surface area (Å²) in [4.78, 5) is 13.1. The number of sulfonamides is 2. The van der Waals surface area contributed by atoms with Crippen LogP contribution in [0.5, 0.6) is 5.75 Å². The van der Waals surface area contributed by atoms with Crippen molar-refractivity contribution in [3.8, 4) is 5.75 Å². The highest BCUT2D eigenvalue weighted by atomic mass is 32.2. The zero-order chi connectivity index (χ0) is 27.5. The second-order valence-electron chi connectivity index (χ2n) is 9.21. The predicted molar refractivity (Wildman–Crippen MR) is 147 cm³/mol. The molecule has 1 aliphatic rings. The third kappa shape index (κ3) is 6.01. The molecule has 0 unspecified atom stereocenters. The summed E-state index contributed by atoms with van der Waals surface area (Å²) in [6, 6.07) is 15.2. The van der Waals surface area contributed by atoms with Crippen molar-refractivity contribution in [1.29, 1.82) is 0 Å². The van der Waals surface area contributed by atoms with E-state index in [0.29, 0.717) is 24.5 Å². The van der Waals surface area contributed by atoms with Gasteiger partial charge in [0.2, 0.25) is 10.0 Å². The number of methoxy groups -OCH3 is 1. The fourth-order valence-electron chi connectivity index (χ4n) is 4.21. The first-order valence-corrected chi connectivity index (χ1v) is 15.1. The Balaban J connectivity index is 1.52. The van der Waals surface area contributed by atoms with E-state index in [1.54, 1.807) is 12.1 Å². The van der Waals surface area contributed by atoms with Crippen LogP contribution in [0.15, 0.2) is 70.5 Å². The average Bonchev–Trinajstić information content (AvgIpc) is 2.91. The molecule has 9 nitrogen and oxygen atoms in total. The van der Waals surface area contributed by atoms with Gasteiger partial charge in [-0.05, 0) is 92.4 Å². The molecule has 1 fully saturated rings. The maximum atomic E-state index is 13.1. The highest BCUT2D eigenvalue weighted by molar-refractivity contribution is 7.92. The molecule has 202 valence electrons. The van der Waals surface area contributed by atoms with E-state index < -0.39 is 26.0 Å². The van der Waals surface area contributed by atoms with Gasteiger partial charge in [-0.2, -0.15) is 4.31 Å². The molecule has 2 N–H and O–H groups in total. The molecule has 1 aliphatic heterocycles. The van der Waals surface area contributed by atoms with Crippen molar-refractivity contribution in [2.45, 2.75) is 42.9 Å². The molecule has 1 saturated heterocycles. The normalized spacial score (nSPS) is 14.6. The largest absolute Gasteiger partial charge is 0.496 e. The summed E-state index contributed by atoms with van der Waals surface area (Å²) in [5.74, 6) is -0.363. The molecule has 0 aliphatic carbocycles. The number of benzene rings is 3. The minimum absolute atomic E-state index is 0.0178. The van der Waals surface area contributed by atoms with Gasteiger partial charge in [-0.3, -0.25) is 9.52 Å². The number of rotatable bonds is 8. The number of hydrogen-bond donors (Lipinski definition) is 2. The number of nitrogens with one attached hydrogen (secondary N) is 2. The summed E-state index contributed by atoms with van der Waals surface area (Å²) in [5.41, 5.74) is 2.87. The monoisotopic (exact) mass is 557 g/mol. The summed E-state index contributed by atoms with van der Waals surface area (Å²) in [6.07, 6.45) is 2.59. The lowest BCUT2D eigenvalue weighted by atomic mass is 10.1. The van der Waals surface area contributed by atoms with Crippen LogP contribution in [0.2, 0.25) is 0 Å². The van der Waals surface area contributed by atoms with Crippen LogP contribution in [-0.2, 0) is 20.0 Å². The van der Waals surface area contributed by atoms with E-state index in [9.17, 15) is 21.6 Å².